The number of benzene rings is 1. The first-order valence-corrected chi connectivity index (χ1v) is 7.66. The minimum atomic E-state index is -0.262. The maximum absolute atomic E-state index is 13.2. The molecule has 23 heavy (non-hydrogen) atoms. The van der Waals surface area contributed by atoms with Gasteiger partial charge in [-0.3, -0.25) is 4.90 Å². The van der Waals surface area contributed by atoms with Crippen LogP contribution in [-0.4, -0.2) is 38.7 Å². The Morgan fingerprint density at radius 2 is 2.13 bits per heavy atom. The van der Waals surface area contributed by atoms with Crippen LogP contribution in [0.3, 0.4) is 0 Å². The number of halogens is 1. The molecule has 7 heteroatoms. The van der Waals surface area contributed by atoms with Gasteiger partial charge in [0.25, 0.3) is 0 Å². The van der Waals surface area contributed by atoms with Crippen LogP contribution in [0.4, 0.5) is 4.39 Å². The van der Waals surface area contributed by atoms with E-state index in [9.17, 15) is 4.39 Å². The number of hydrogen-bond acceptors (Lipinski definition) is 5. The molecule has 0 aliphatic carbocycles. The largest absolute Gasteiger partial charge is 0.424 e. The van der Waals surface area contributed by atoms with Crippen LogP contribution < -0.4 is 0 Å². The molecule has 0 amide bonds. The third-order valence-corrected chi connectivity index (χ3v) is 3.60. The lowest BCUT2D eigenvalue weighted by Gasteiger charge is -2.12. The van der Waals surface area contributed by atoms with Gasteiger partial charge < -0.3 is 9.40 Å². The van der Waals surface area contributed by atoms with Crippen LogP contribution in [0.25, 0.3) is 11.0 Å². The second-order valence-electron chi connectivity index (χ2n) is 6.02. The quantitative estimate of drug-likeness (QED) is 0.757. The fraction of sp³-hybridized carbons (Fsp3) is 0.438. The van der Waals surface area contributed by atoms with Crippen molar-refractivity contribution in [3.05, 3.63) is 41.6 Å². The Morgan fingerprint density at radius 3 is 2.87 bits per heavy atom. The van der Waals surface area contributed by atoms with Crippen molar-refractivity contribution >= 4 is 11.0 Å². The zero-order valence-corrected chi connectivity index (χ0v) is 13.5. The average molecular weight is 317 g/mol. The van der Waals surface area contributed by atoms with Crippen molar-refractivity contribution in [2.24, 2.45) is 0 Å². The van der Waals surface area contributed by atoms with E-state index < -0.39 is 0 Å². The summed E-state index contributed by atoms with van der Waals surface area (Å²) in [5, 5.41) is 8.08. The summed E-state index contributed by atoms with van der Waals surface area (Å²) >= 11 is 0. The summed E-state index contributed by atoms with van der Waals surface area (Å²) in [7, 11) is 1.99. The van der Waals surface area contributed by atoms with Gasteiger partial charge in [0.1, 0.15) is 11.6 Å². The van der Waals surface area contributed by atoms with Crippen molar-refractivity contribution in [2.45, 2.75) is 32.7 Å². The lowest BCUT2D eigenvalue weighted by molar-refractivity contribution is 0.284. The Balaban J connectivity index is 1.57. The number of aromatic amines is 1. The number of H-pyrrole nitrogens is 1. The van der Waals surface area contributed by atoms with Gasteiger partial charge in [-0.1, -0.05) is 13.8 Å². The molecule has 0 spiro atoms. The maximum Gasteiger partial charge on any atom is 0.230 e. The molecule has 0 saturated carbocycles. The molecule has 0 aliphatic rings. The zero-order chi connectivity index (χ0) is 16.4. The number of imidazole rings is 1. The highest BCUT2D eigenvalue weighted by molar-refractivity contribution is 5.74. The molecule has 1 N–H and O–H groups in total. The predicted octanol–water partition coefficient (Wildman–Crippen LogP) is 2.88. The summed E-state index contributed by atoms with van der Waals surface area (Å²) in [4.78, 5) is 9.69. The Labute approximate surface area is 133 Å². The molecule has 0 saturated heterocycles. The summed E-state index contributed by atoms with van der Waals surface area (Å²) in [6.45, 7) is 5.41. The first kappa shape index (κ1) is 15.6. The van der Waals surface area contributed by atoms with Crippen molar-refractivity contribution in [3.8, 4) is 0 Å². The van der Waals surface area contributed by atoms with Crippen LogP contribution in [-0.2, 0) is 13.0 Å². The molecule has 0 aliphatic heterocycles. The fourth-order valence-corrected chi connectivity index (χ4v) is 2.32. The zero-order valence-electron chi connectivity index (χ0n) is 13.5. The van der Waals surface area contributed by atoms with E-state index in [-0.39, 0.29) is 11.7 Å². The molecule has 0 unspecified atom stereocenters. The molecule has 0 bridgehead atoms. The summed E-state index contributed by atoms with van der Waals surface area (Å²) in [5.74, 6) is 2.08. The number of hydrogen-bond donors (Lipinski definition) is 1. The van der Waals surface area contributed by atoms with Gasteiger partial charge in [-0.25, -0.2) is 9.37 Å². The molecule has 0 fully saturated rings. The molecule has 3 rings (SSSR count). The van der Waals surface area contributed by atoms with Gasteiger partial charge in [0.15, 0.2) is 0 Å². The van der Waals surface area contributed by atoms with Crippen molar-refractivity contribution < 1.29 is 8.81 Å². The molecule has 0 atom stereocenters. The highest BCUT2D eigenvalue weighted by atomic mass is 19.1. The molecule has 1 aromatic carbocycles. The highest BCUT2D eigenvalue weighted by Gasteiger charge is 2.12. The maximum atomic E-state index is 13.2. The van der Waals surface area contributed by atoms with Crippen LogP contribution in [0.15, 0.2) is 22.6 Å². The third kappa shape index (κ3) is 3.73. The standard InChI is InChI=1S/C16H20FN5O/c1-10(2)16-21-20-15(23-16)9-22(3)7-6-14-18-12-5-4-11(17)8-13(12)19-14/h4-5,8,10H,6-7,9H2,1-3H3,(H,18,19). The molecule has 6 nitrogen and oxygen atoms in total. The Bertz CT molecular complexity index is 795. The number of aromatic nitrogens is 4. The number of nitrogens with one attached hydrogen (secondary N) is 1. The summed E-state index contributed by atoms with van der Waals surface area (Å²) in [5.41, 5.74) is 1.50. The van der Waals surface area contributed by atoms with Crippen LogP contribution in [0.5, 0.6) is 0 Å². The SMILES string of the molecule is CC(C)c1nnc(CN(C)CCc2nc3ccc(F)cc3[nH]2)o1. The van der Waals surface area contributed by atoms with E-state index in [1.54, 1.807) is 6.07 Å². The first-order valence-electron chi connectivity index (χ1n) is 7.66. The Hall–Kier alpha value is -2.28. The molecular formula is C16H20FN5O. The average Bonchev–Trinajstić information content (AvgIpc) is 3.11. The lowest BCUT2D eigenvalue weighted by Crippen LogP contribution is -2.21. The van der Waals surface area contributed by atoms with E-state index >= 15 is 0 Å². The monoisotopic (exact) mass is 317 g/mol. The van der Waals surface area contributed by atoms with E-state index in [4.69, 9.17) is 4.42 Å². The molecule has 2 heterocycles. The molecule has 0 radical (unpaired) electrons. The van der Waals surface area contributed by atoms with Crippen molar-refractivity contribution in [1.29, 1.82) is 0 Å². The summed E-state index contributed by atoms with van der Waals surface area (Å²) in [6, 6.07) is 4.56. The van der Waals surface area contributed by atoms with E-state index in [2.05, 4.69) is 25.1 Å². The minimum Gasteiger partial charge on any atom is -0.424 e. The Kier molecular flexibility index (Phi) is 4.38. The van der Waals surface area contributed by atoms with E-state index in [1.165, 1.54) is 12.1 Å². The van der Waals surface area contributed by atoms with Gasteiger partial charge in [-0.2, -0.15) is 0 Å². The smallest absolute Gasteiger partial charge is 0.230 e. The van der Waals surface area contributed by atoms with Gasteiger partial charge >= 0.3 is 0 Å². The molecule has 2 aromatic heterocycles. The second kappa shape index (κ2) is 6.45. The van der Waals surface area contributed by atoms with Gasteiger partial charge in [0.2, 0.25) is 11.8 Å². The normalized spacial score (nSPS) is 11.9. The first-order chi connectivity index (χ1) is 11.0. The topological polar surface area (TPSA) is 70.8 Å². The van der Waals surface area contributed by atoms with E-state index in [1.807, 2.05) is 20.9 Å². The lowest BCUT2D eigenvalue weighted by atomic mass is 10.2. The number of likely N-dealkylation sites (N-methyl/N-ethyl adjacent to an activating group) is 1. The highest BCUT2D eigenvalue weighted by Crippen LogP contribution is 2.14. The molecule has 122 valence electrons. The third-order valence-electron chi connectivity index (χ3n) is 3.60. The predicted molar refractivity (Wildman–Crippen MR) is 84.5 cm³/mol. The van der Waals surface area contributed by atoms with E-state index in [0.29, 0.717) is 18.3 Å². The summed E-state index contributed by atoms with van der Waals surface area (Å²) in [6.07, 6.45) is 0.734. The van der Waals surface area contributed by atoms with Crippen LogP contribution in [0.1, 0.15) is 37.4 Å². The van der Waals surface area contributed by atoms with Crippen molar-refractivity contribution in [3.63, 3.8) is 0 Å². The van der Waals surface area contributed by atoms with Crippen molar-refractivity contribution in [2.75, 3.05) is 13.6 Å². The number of fused-ring (bicyclic) bond motifs is 1. The van der Waals surface area contributed by atoms with Crippen LogP contribution in [0, 0.1) is 5.82 Å². The molecular weight excluding hydrogens is 297 g/mol. The van der Waals surface area contributed by atoms with E-state index in [0.717, 1.165) is 29.8 Å². The summed E-state index contributed by atoms with van der Waals surface area (Å²) < 4.78 is 18.8. The molecule has 3 aromatic rings. The van der Waals surface area contributed by atoms with Gasteiger partial charge in [-0.05, 0) is 25.2 Å². The number of nitrogens with zero attached hydrogens (tertiary/aromatic N) is 4. The van der Waals surface area contributed by atoms with Gasteiger partial charge in [0, 0.05) is 18.9 Å². The van der Waals surface area contributed by atoms with Crippen LogP contribution >= 0.6 is 0 Å². The Morgan fingerprint density at radius 1 is 1.30 bits per heavy atom. The number of rotatable bonds is 6. The second-order valence-corrected chi connectivity index (χ2v) is 6.02. The van der Waals surface area contributed by atoms with Crippen molar-refractivity contribution in [1.82, 2.24) is 25.1 Å². The van der Waals surface area contributed by atoms with Gasteiger partial charge in [-0.15, -0.1) is 10.2 Å². The minimum absolute atomic E-state index is 0.234. The van der Waals surface area contributed by atoms with Gasteiger partial charge in [0.05, 0.1) is 17.6 Å². The van der Waals surface area contributed by atoms with Crippen LogP contribution in [0.2, 0.25) is 0 Å². The fourth-order valence-electron chi connectivity index (χ4n) is 2.32.